The SMILES string of the molecule is CC1(C)[C@@H]2[C@@H](C(=O)N[C@H](C#N)C[C@@H]3CCNC3=O)N(C(=O)[C@H](Cc3ccccn3)NC(=O)C(F)(F)F)C[C@@H]21. The van der Waals surface area contributed by atoms with Crippen molar-refractivity contribution in [3.05, 3.63) is 30.1 Å². The van der Waals surface area contributed by atoms with E-state index in [0.717, 1.165) is 0 Å². The van der Waals surface area contributed by atoms with Gasteiger partial charge < -0.3 is 20.9 Å². The van der Waals surface area contributed by atoms with Gasteiger partial charge >= 0.3 is 12.1 Å². The topological polar surface area (TPSA) is 144 Å². The molecule has 6 atom stereocenters. The Bertz CT molecular complexity index is 1150. The number of carbonyl (C=O) groups is 4. The number of pyridine rings is 1. The van der Waals surface area contributed by atoms with Gasteiger partial charge in [-0.2, -0.15) is 18.4 Å². The Morgan fingerprint density at radius 3 is 2.61 bits per heavy atom. The third-order valence-electron chi connectivity index (χ3n) is 7.92. The average Bonchev–Trinajstić information content (AvgIpc) is 3.21. The molecule has 10 nitrogen and oxygen atoms in total. The van der Waals surface area contributed by atoms with E-state index in [0.29, 0.717) is 18.7 Å². The van der Waals surface area contributed by atoms with Crippen molar-refractivity contribution in [2.24, 2.45) is 23.2 Å². The standard InChI is InChI=1S/C25H29F3N6O4/c1-24(2)16-12-34(19(18(16)24)21(36)32-15(11-29)9-13-6-8-31-20(13)35)22(37)17(33-23(38)25(26,27)28)10-14-5-3-4-7-30-14/h3-5,7,13,15-19H,6,8-10,12H2,1-2H3,(H,31,35)(H,32,36)(H,33,38)/t13-,15-,16-,17-,18-,19-/m0/s1. The molecule has 3 N–H and O–H groups in total. The van der Waals surface area contributed by atoms with E-state index in [2.05, 4.69) is 15.6 Å². The molecule has 0 bridgehead atoms. The first-order chi connectivity index (χ1) is 17.8. The fourth-order valence-corrected chi connectivity index (χ4v) is 5.74. The lowest BCUT2D eigenvalue weighted by molar-refractivity contribution is -0.175. The maximum Gasteiger partial charge on any atom is 0.471 e. The smallest absolute Gasteiger partial charge is 0.356 e. The summed E-state index contributed by atoms with van der Waals surface area (Å²) >= 11 is 0. The van der Waals surface area contributed by atoms with Crippen LogP contribution in [0.5, 0.6) is 0 Å². The Labute approximate surface area is 217 Å². The van der Waals surface area contributed by atoms with E-state index in [-0.39, 0.29) is 42.5 Å². The van der Waals surface area contributed by atoms with E-state index in [4.69, 9.17) is 0 Å². The van der Waals surface area contributed by atoms with Gasteiger partial charge in [-0.25, -0.2) is 0 Å². The molecule has 3 fully saturated rings. The molecule has 1 saturated carbocycles. The minimum absolute atomic E-state index is 0.0721. The molecular weight excluding hydrogens is 505 g/mol. The number of alkyl halides is 3. The van der Waals surface area contributed by atoms with Crippen LogP contribution in [0.2, 0.25) is 0 Å². The van der Waals surface area contributed by atoms with Gasteiger partial charge in [0, 0.05) is 37.3 Å². The molecule has 0 spiro atoms. The van der Waals surface area contributed by atoms with Gasteiger partial charge in [0.05, 0.1) is 6.07 Å². The summed E-state index contributed by atoms with van der Waals surface area (Å²) in [6.07, 6.45) is -3.45. The number of halogens is 3. The fraction of sp³-hybridized carbons (Fsp3) is 0.600. The van der Waals surface area contributed by atoms with Crippen molar-refractivity contribution >= 4 is 23.6 Å². The lowest BCUT2D eigenvalue weighted by Crippen LogP contribution is -2.58. The molecular formula is C25H29F3N6O4. The van der Waals surface area contributed by atoms with Gasteiger partial charge in [-0.05, 0) is 42.2 Å². The van der Waals surface area contributed by atoms with Gasteiger partial charge in [0.25, 0.3) is 0 Å². The number of aromatic nitrogens is 1. The molecule has 4 rings (SSSR count). The number of rotatable bonds is 8. The molecule has 0 aromatic carbocycles. The van der Waals surface area contributed by atoms with E-state index in [1.807, 2.05) is 19.9 Å². The zero-order chi connectivity index (χ0) is 27.8. The normalized spacial score (nSPS) is 26.9. The van der Waals surface area contributed by atoms with Crippen LogP contribution in [-0.2, 0) is 25.6 Å². The van der Waals surface area contributed by atoms with Crippen molar-refractivity contribution in [3.8, 4) is 6.07 Å². The molecule has 0 unspecified atom stereocenters. The molecule has 13 heteroatoms. The summed E-state index contributed by atoms with van der Waals surface area (Å²) in [6.45, 7) is 4.48. The van der Waals surface area contributed by atoms with Crippen LogP contribution >= 0.6 is 0 Å². The third-order valence-corrected chi connectivity index (χ3v) is 7.92. The van der Waals surface area contributed by atoms with Crippen LogP contribution in [0.3, 0.4) is 0 Å². The highest BCUT2D eigenvalue weighted by molar-refractivity contribution is 5.94. The van der Waals surface area contributed by atoms with Crippen molar-refractivity contribution in [3.63, 3.8) is 0 Å². The van der Waals surface area contributed by atoms with Crippen LogP contribution in [0.25, 0.3) is 0 Å². The number of hydrogen-bond donors (Lipinski definition) is 3. The Hall–Kier alpha value is -3.69. The highest BCUT2D eigenvalue weighted by Gasteiger charge is 2.69. The molecule has 204 valence electrons. The van der Waals surface area contributed by atoms with Gasteiger partial charge in [-0.3, -0.25) is 24.2 Å². The summed E-state index contributed by atoms with van der Waals surface area (Å²) in [5.74, 6) is -4.67. The predicted molar refractivity (Wildman–Crippen MR) is 125 cm³/mol. The number of hydrogen-bond acceptors (Lipinski definition) is 6. The molecule has 38 heavy (non-hydrogen) atoms. The van der Waals surface area contributed by atoms with Crippen LogP contribution in [0.4, 0.5) is 13.2 Å². The van der Waals surface area contributed by atoms with Crippen LogP contribution in [0.15, 0.2) is 24.4 Å². The number of likely N-dealkylation sites (tertiary alicyclic amines) is 1. The summed E-state index contributed by atoms with van der Waals surface area (Å²) in [6, 6.07) is 3.09. The Morgan fingerprint density at radius 1 is 1.29 bits per heavy atom. The molecule has 1 aromatic heterocycles. The summed E-state index contributed by atoms with van der Waals surface area (Å²) in [5.41, 5.74) is -0.00350. The van der Waals surface area contributed by atoms with Gasteiger partial charge in [0.1, 0.15) is 18.1 Å². The minimum atomic E-state index is -5.21. The number of nitrogens with zero attached hydrogens (tertiary/aromatic N) is 3. The van der Waals surface area contributed by atoms with Crippen molar-refractivity contribution in [1.29, 1.82) is 5.26 Å². The van der Waals surface area contributed by atoms with Crippen LogP contribution in [-0.4, -0.2) is 70.9 Å². The van der Waals surface area contributed by atoms with E-state index in [9.17, 15) is 37.6 Å². The maximum atomic E-state index is 13.6. The second-order valence-corrected chi connectivity index (χ2v) is 10.6. The quantitative estimate of drug-likeness (QED) is 0.448. The minimum Gasteiger partial charge on any atom is -0.356 e. The van der Waals surface area contributed by atoms with Gasteiger partial charge in [0.2, 0.25) is 17.7 Å². The Kier molecular flexibility index (Phi) is 7.36. The van der Waals surface area contributed by atoms with Crippen LogP contribution < -0.4 is 16.0 Å². The molecule has 0 radical (unpaired) electrons. The Morgan fingerprint density at radius 2 is 2.03 bits per heavy atom. The summed E-state index contributed by atoms with van der Waals surface area (Å²) in [5, 5.41) is 16.7. The molecule has 1 aromatic rings. The van der Waals surface area contributed by atoms with Gasteiger partial charge in [-0.1, -0.05) is 19.9 Å². The van der Waals surface area contributed by atoms with E-state index in [1.165, 1.54) is 17.2 Å². The number of fused-ring (bicyclic) bond motifs is 1. The average molecular weight is 535 g/mol. The summed E-state index contributed by atoms with van der Waals surface area (Å²) in [7, 11) is 0. The highest BCUT2D eigenvalue weighted by atomic mass is 19.4. The number of carbonyl (C=O) groups excluding carboxylic acids is 4. The highest BCUT2D eigenvalue weighted by Crippen LogP contribution is 2.64. The van der Waals surface area contributed by atoms with Crippen molar-refractivity contribution in [1.82, 2.24) is 25.8 Å². The largest absolute Gasteiger partial charge is 0.471 e. The monoisotopic (exact) mass is 534 g/mol. The maximum absolute atomic E-state index is 13.6. The lowest BCUT2D eigenvalue weighted by Gasteiger charge is -2.33. The predicted octanol–water partition coefficient (Wildman–Crippen LogP) is 0.689. The number of amides is 4. The first-order valence-corrected chi connectivity index (χ1v) is 12.4. The molecule has 2 aliphatic heterocycles. The zero-order valence-electron chi connectivity index (χ0n) is 20.9. The van der Waals surface area contributed by atoms with Gasteiger partial charge in [-0.15, -0.1) is 0 Å². The molecule has 3 aliphatic rings. The first kappa shape index (κ1) is 27.3. The Balaban J connectivity index is 1.54. The van der Waals surface area contributed by atoms with E-state index < -0.39 is 47.9 Å². The van der Waals surface area contributed by atoms with Gasteiger partial charge in [0.15, 0.2) is 0 Å². The second-order valence-electron chi connectivity index (χ2n) is 10.6. The fourth-order valence-electron chi connectivity index (χ4n) is 5.74. The van der Waals surface area contributed by atoms with Crippen LogP contribution in [0, 0.1) is 34.5 Å². The zero-order valence-corrected chi connectivity index (χ0v) is 20.9. The molecule has 4 amide bonds. The number of nitriles is 1. The number of nitrogens with one attached hydrogen (secondary N) is 3. The molecule has 1 aliphatic carbocycles. The first-order valence-electron chi connectivity index (χ1n) is 12.4. The molecule has 2 saturated heterocycles. The van der Waals surface area contributed by atoms with E-state index in [1.54, 1.807) is 17.4 Å². The molecule has 3 heterocycles. The van der Waals surface area contributed by atoms with E-state index >= 15 is 0 Å². The number of piperidine rings is 1. The van der Waals surface area contributed by atoms with Crippen molar-refractivity contribution in [2.75, 3.05) is 13.1 Å². The summed E-state index contributed by atoms with van der Waals surface area (Å²) in [4.78, 5) is 56.0. The van der Waals surface area contributed by atoms with Crippen LogP contribution in [0.1, 0.15) is 32.4 Å². The lowest BCUT2D eigenvalue weighted by atomic mass is 9.97. The summed E-state index contributed by atoms with van der Waals surface area (Å²) < 4.78 is 39.2. The van der Waals surface area contributed by atoms with Crippen molar-refractivity contribution in [2.45, 2.75) is 57.4 Å². The third kappa shape index (κ3) is 5.44. The second kappa shape index (κ2) is 10.2. The van der Waals surface area contributed by atoms with Crippen molar-refractivity contribution < 1.29 is 32.3 Å².